The zero-order valence-corrected chi connectivity index (χ0v) is 20.5. The highest BCUT2D eigenvalue weighted by molar-refractivity contribution is 6.20. The fourth-order valence-corrected chi connectivity index (χ4v) is 5.37. The Kier molecular flexibility index (Phi) is 7.69. The van der Waals surface area contributed by atoms with Crippen LogP contribution in [0.3, 0.4) is 0 Å². The molecule has 1 aliphatic carbocycles. The molecule has 0 bridgehead atoms. The van der Waals surface area contributed by atoms with E-state index in [4.69, 9.17) is 16.3 Å². The van der Waals surface area contributed by atoms with E-state index < -0.39 is 0 Å². The van der Waals surface area contributed by atoms with Crippen LogP contribution in [-0.2, 0) is 4.74 Å². The Balaban J connectivity index is 1.49. The fourth-order valence-electron chi connectivity index (χ4n) is 5.06. The molecule has 2 aliphatic heterocycles. The molecule has 0 aromatic heterocycles. The molecule has 180 valence electrons. The number of alkyl halides is 1. The van der Waals surface area contributed by atoms with Crippen molar-refractivity contribution >= 4 is 36.1 Å². The maximum absolute atomic E-state index is 13.7. The maximum Gasteiger partial charge on any atom is 0.256 e. The number of anilines is 1. The monoisotopic (exact) mass is 474 g/mol. The van der Waals surface area contributed by atoms with Crippen LogP contribution in [0.5, 0.6) is 0 Å². The van der Waals surface area contributed by atoms with Crippen molar-refractivity contribution in [2.75, 3.05) is 24.8 Å². The first-order valence-corrected chi connectivity index (χ1v) is 12.3. The SMILES string of the molecule is C=NN(/N=C\C)c1ccc(C)cc1C(=O)N1CCN(C2NC3CC(Cl)CCC3O2)CC[C@H]1C. The predicted molar refractivity (Wildman–Crippen MR) is 133 cm³/mol. The number of ether oxygens (including phenoxy) is 1. The van der Waals surface area contributed by atoms with Crippen molar-refractivity contribution in [3.05, 3.63) is 29.3 Å². The number of amides is 1. The Morgan fingerprint density at radius 3 is 2.88 bits per heavy atom. The lowest BCUT2D eigenvalue weighted by Crippen LogP contribution is -2.47. The molecule has 0 spiro atoms. The second kappa shape index (κ2) is 10.5. The third kappa shape index (κ3) is 5.24. The summed E-state index contributed by atoms with van der Waals surface area (Å²) in [6.07, 6.45) is 5.58. The minimum Gasteiger partial charge on any atom is -0.345 e. The normalized spacial score (nSPS) is 30.8. The van der Waals surface area contributed by atoms with Crippen LogP contribution in [0, 0.1) is 6.92 Å². The van der Waals surface area contributed by atoms with E-state index in [9.17, 15) is 4.79 Å². The van der Waals surface area contributed by atoms with E-state index in [1.54, 1.807) is 6.21 Å². The molecule has 1 aromatic rings. The Hall–Kier alpha value is -2.00. The molecule has 5 atom stereocenters. The van der Waals surface area contributed by atoms with Gasteiger partial charge in [0.05, 0.1) is 17.4 Å². The maximum atomic E-state index is 13.7. The number of hydrogen-bond donors (Lipinski definition) is 1. The molecule has 1 saturated carbocycles. The van der Waals surface area contributed by atoms with E-state index in [-0.39, 0.29) is 29.8 Å². The van der Waals surface area contributed by atoms with Gasteiger partial charge in [-0.25, -0.2) is 0 Å². The molecule has 2 saturated heterocycles. The summed E-state index contributed by atoms with van der Waals surface area (Å²) in [6.45, 7) is 11.8. The molecule has 33 heavy (non-hydrogen) atoms. The number of hydrazone groups is 2. The average Bonchev–Trinajstić information content (AvgIpc) is 3.12. The molecule has 9 heteroatoms. The van der Waals surface area contributed by atoms with Gasteiger partial charge in [-0.1, -0.05) is 11.6 Å². The first-order valence-electron chi connectivity index (χ1n) is 11.9. The molecule has 0 radical (unpaired) electrons. The number of fused-ring (bicyclic) bond motifs is 1. The molecule has 1 aromatic carbocycles. The summed E-state index contributed by atoms with van der Waals surface area (Å²) in [6, 6.07) is 6.16. The van der Waals surface area contributed by atoms with Gasteiger partial charge in [0.25, 0.3) is 5.91 Å². The highest BCUT2D eigenvalue weighted by Crippen LogP contribution is 2.32. The molecule has 8 nitrogen and oxygen atoms in total. The zero-order valence-electron chi connectivity index (χ0n) is 19.8. The molecule has 4 rings (SSSR count). The summed E-state index contributed by atoms with van der Waals surface area (Å²) in [5.74, 6) is -0.0121. The second-order valence-electron chi connectivity index (χ2n) is 9.21. The van der Waals surface area contributed by atoms with Gasteiger partial charge in [0.15, 0.2) is 6.35 Å². The second-order valence-corrected chi connectivity index (χ2v) is 9.82. The molecular weight excluding hydrogens is 440 g/mol. The highest BCUT2D eigenvalue weighted by Gasteiger charge is 2.41. The summed E-state index contributed by atoms with van der Waals surface area (Å²) >= 11 is 6.37. The van der Waals surface area contributed by atoms with Gasteiger partial charge in [-0.15, -0.1) is 11.6 Å². The smallest absolute Gasteiger partial charge is 0.256 e. The third-order valence-corrected chi connectivity index (χ3v) is 7.32. The van der Waals surface area contributed by atoms with Crippen molar-refractivity contribution < 1.29 is 9.53 Å². The fraction of sp³-hybridized carbons (Fsp3) is 0.625. The molecule has 3 aliphatic rings. The van der Waals surface area contributed by atoms with E-state index in [1.165, 1.54) is 5.12 Å². The Morgan fingerprint density at radius 2 is 2.12 bits per heavy atom. The van der Waals surface area contributed by atoms with Crippen LogP contribution < -0.4 is 10.4 Å². The van der Waals surface area contributed by atoms with Gasteiger partial charge in [0.2, 0.25) is 0 Å². The lowest BCUT2D eigenvalue weighted by Gasteiger charge is -2.29. The zero-order chi connectivity index (χ0) is 23.5. The van der Waals surface area contributed by atoms with E-state index in [2.05, 4.69) is 34.1 Å². The molecule has 2 heterocycles. The Bertz CT molecular complexity index is 896. The largest absolute Gasteiger partial charge is 0.345 e. The first kappa shape index (κ1) is 24.1. The number of rotatable bonds is 5. The topological polar surface area (TPSA) is 72.8 Å². The van der Waals surface area contributed by atoms with Crippen molar-refractivity contribution in [2.45, 2.75) is 76.4 Å². The highest BCUT2D eigenvalue weighted by atomic mass is 35.5. The van der Waals surface area contributed by atoms with Gasteiger partial charge in [0.1, 0.15) is 0 Å². The summed E-state index contributed by atoms with van der Waals surface area (Å²) < 4.78 is 6.34. The predicted octanol–water partition coefficient (Wildman–Crippen LogP) is 3.39. The number of carbonyl (C=O) groups is 1. The molecule has 1 N–H and O–H groups in total. The number of hydrogen-bond acceptors (Lipinski definition) is 7. The number of nitrogens with zero attached hydrogens (tertiary/aromatic N) is 5. The molecule has 3 fully saturated rings. The minimum absolute atomic E-state index is 0.0121. The van der Waals surface area contributed by atoms with Crippen molar-refractivity contribution in [1.29, 1.82) is 0 Å². The minimum atomic E-state index is -0.113. The number of halogens is 1. The molecule has 4 unspecified atom stereocenters. The van der Waals surface area contributed by atoms with Crippen LogP contribution in [0.25, 0.3) is 0 Å². The number of nitrogens with one attached hydrogen (secondary N) is 1. The average molecular weight is 475 g/mol. The van der Waals surface area contributed by atoms with Crippen LogP contribution >= 0.6 is 11.6 Å². The summed E-state index contributed by atoms with van der Waals surface area (Å²) in [7, 11) is 0. The Morgan fingerprint density at radius 1 is 1.30 bits per heavy atom. The Labute approximate surface area is 201 Å². The van der Waals surface area contributed by atoms with Gasteiger partial charge in [-0.3, -0.25) is 15.0 Å². The lowest BCUT2D eigenvalue weighted by molar-refractivity contribution is -0.0652. The van der Waals surface area contributed by atoms with Gasteiger partial charge in [-0.2, -0.15) is 15.3 Å². The number of carbonyl (C=O) groups excluding carboxylic acids is 1. The van der Waals surface area contributed by atoms with Crippen LogP contribution in [0.2, 0.25) is 0 Å². The standard InChI is InChI=1S/C24H35ClN6O2/c1-5-27-31(26-4)21-8-6-16(2)14-19(21)23(32)30-13-12-29(11-10-17(30)3)24-28-20-15-18(25)7-9-22(20)33-24/h5-6,8,14,17-18,20,22,24,28H,4,7,9-13,15H2,1-3H3/b27-5-/t17-,18?,20?,22?,24?/m1/s1. The number of aryl methyl sites for hydroxylation is 1. The van der Waals surface area contributed by atoms with Crippen LogP contribution in [0.4, 0.5) is 5.69 Å². The molecular formula is C24H35ClN6O2. The van der Waals surface area contributed by atoms with E-state index in [0.717, 1.165) is 44.3 Å². The third-order valence-electron chi connectivity index (χ3n) is 6.93. The van der Waals surface area contributed by atoms with Gasteiger partial charge >= 0.3 is 0 Å². The summed E-state index contributed by atoms with van der Waals surface area (Å²) in [4.78, 5) is 18.0. The van der Waals surface area contributed by atoms with Crippen LogP contribution in [0.1, 0.15) is 55.5 Å². The lowest BCUT2D eigenvalue weighted by atomic mass is 9.93. The van der Waals surface area contributed by atoms with Crippen molar-refractivity contribution in [1.82, 2.24) is 15.1 Å². The van der Waals surface area contributed by atoms with Gasteiger partial charge in [-0.05, 0) is 58.6 Å². The van der Waals surface area contributed by atoms with Gasteiger partial charge in [0, 0.05) is 50.0 Å². The van der Waals surface area contributed by atoms with Gasteiger partial charge < -0.3 is 9.64 Å². The van der Waals surface area contributed by atoms with Crippen molar-refractivity contribution in [3.63, 3.8) is 0 Å². The van der Waals surface area contributed by atoms with Crippen LogP contribution in [0.15, 0.2) is 28.4 Å². The molecule has 1 amide bonds. The first-order chi connectivity index (χ1) is 15.9. The van der Waals surface area contributed by atoms with E-state index in [0.29, 0.717) is 23.8 Å². The van der Waals surface area contributed by atoms with Crippen molar-refractivity contribution in [3.8, 4) is 0 Å². The van der Waals surface area contributed by atoms with Crippen LogP contribution in [-0.4, -0.2) is 78.2 Å². The van der Waals surface area contributed by atoms with E-state index >= 15 is 0 Å². The number of benzene rings is 1. The summed E-state index contributed by atoms with van der Waals surface area (Å²) in [5, 5.41) is 13.5. The van der Waals surface area contributed by atoms with Crippen molar-refractivity contribution in [2.24, 2.45) is 10.2 Å². The quantitative estimate of drug-likeness (QED) is 0.402. The summed E-state index contributed by atoms with van der Waals surface area (Å²) in [5.41, 5.74) is 2.23. The van der Waals surface area contributed by atoms with E-state index in [1.807, 2.05) is 36.9 Å².